The number of amidine groups is 1. The van der Waals surface area contributed by atoms with Gasteiger partial charge in [-0.25, -0.2) is 10.3 Å². The number of aliphatic imine (C=N–C) groups is 1. The van der Waals surface area contributed by atoms with Gasteiger partial charge in [-0.05, 0) is 36.6 Å². The van der Waals surface area contributed by atoms with Crippen molar-refractivity contribution in [2.75, 3.05) is 6.54 Å². The van der Waals surface area contributed by atoms with Gasteiger partial charge in [-0.1, -0.05) is 24.3 Å². The molecular weight excluding hydrogens is 264 g/mol. The summed E-state index contributed by atoms with van der Waals surface area (Å²) in [6, 6.07) is 13.4. The number of para-hydroxylation sites is 1. The van der Waals surface area contributed by atoms with Crippen LogP contribution in [0.25, 0.3) is 0 Å². The minimum Gasteiger partial charge on any atom is -0.425 e. The molecule has 0 saturated heterocycles. The lowest BCUT2D eigenvalue weighted by atomic mass is 10.2. The van der Waals surface area contributed by atoms with Crippen LogP contribution >= 0.6 is 0 Å². The maximum absolute atomic E-state index is 8.72. The molecule has 1 N–H and O–H groups in total. The third-order valence-corrected chi connectivity index (χ3v) is 2.72. The van der Waals surface area contributed by atoms with E-state index < -0.39 is 0 Å². The number of ether oxygens (including phenoxy) is 1. The number of nitrogens with zero attached hydrogens (tertiary/aromatic N) is 3. The van der Waals surface area contributed by atoms with Crippen molar-refractivity contribution >= 4 is 6.02 Å². The maximum atomic E-state index is 8.72. The molecule has 2 rings (SSSR count). The van der Waals surface area contributed by atoms with Gasteiger partial charge in [-0.2, -0.15) is 5.26 Å². The Morgan fingerprint density at radius 3 is 2.81 bits per heavy atom. The summed E-state index contributed by atoms with van der Waals surface area (Å²) in [4.78, 5) is 8.33. The molecule has 5 heteroatoms. The highest BCUT2D eigenvalue weighted by Gasteiger charge is 2.01. The fourth-order valence-electron chi connectivity index (χ4n) is 1.76. The van der Waals surface area contributed by atoms with Crippen LogP contribution in [0.5, 0.6) is 5.75 Å². The molecule has 1 aromatic carbocycles. The zero-order valence-corrected chi connectivity index (χ0v) is 11.6. The predicted octanol–water partition coefficient (Wildman–Crippen LogP) is 2.52. The molecule has 0 aliphatic heterocycles. The maximum Gasteiger partial charge on any atom is 0.303 e. The minimum atomic E-state index is 0.217. The summed E-state index contributed by atoms with van der Waals surface area (Å²) < 4.78 is 5.51. The molecule has 0 radical (unpaired) electrons. The average molecular weight is 280 g/mol. The smallest absolute Gasteiger partial charge is 0.303 e. The molecular formula is C16H16N4O. The second-order valence-electron chi connectivity index (χ2n) is 4.30. The number of aryl methyl sites for hydroxylation is 1. The van der Waals surface area contributed by atoms with Crippen molar-refractivity contribution in [3.8, 4) is 11.9 Å². The van der Waals surface area contributed by atoms with E-state index in [4.69, 9.17) is 10.00 Å². The van der Waals surface area contributed by atoms with Gasteiger partial charge in [0, 0.05) is 18.9 Å². The molecule has 0 fully saturated rings. The lowest BCUT2D eigenvalue weighted by Gasteiger charge is -2.06. The quantitative estimate of drug-likeness (QED) is 0.300. The van der Waals surface area contributed by atoms with Crippen LogP contribution in [-0.2, 0) is 6.42 Å². The molecule has 0 saturated carbocycles. The number of pyridine rings is 1. The highest BCUT2D eigenvalue weighted by atomic mass is 16.5. The Morgan fingerprint density at radius 1 is 1.24 bits per heavy atom. The van der Waals surface area contributed by atoms with Crippen LogP contribution in [0.15, 0.2) is 59.9 Å². The topological polar surface area (TPSA) is 70.3 Å². The van der Waals surface area contributed by atoms with Crippen LogP contribution in [0.2, 0.25) is 0 Å². The summed E-state index contributed by atoms with van der Waals surface area (Å²) in [7, 11) is 0. The van der Waals surface area contributed by atoms with Gasteiger partial charge in [0.05, 0.1) is 0 Å². The zero-order valence-electron chi connectivity index (χ0n) is 11.6. The molecule has 1 heterocycles. The first-order valence-electron chi connectivity index (χ1n) is 6.70. The van der Waals surface area contributed by atoms with E-state index in [9.17, 15) is 0 Å². The van der Waals surface area contributed by atoms with Crippen LogP contribution in [-0.4, -0.2) is 17.6 Å². The molecule has 106 valence electrons. The van der Waals surface area contributed by atoms with Crippen molar-refractivity contribution in [3.63, 3.8) is 0 Å². The Kier molecular flexibility index (Phi) is 5.77. The van der Waals surface area contributed by atoms with E-state index in [2.05, 4.69) is 15.3 Å². The highest BCUT2D eigenvalue weighted by Crippen LogP contribution is 2.08. The van der Waals surface area contributed by atoms with Gasteiger partial charge in [0.2, 0.25) is 0 Å². The molecule has 0 unspecified atom stereocenters. The summed E-state index contributed by atoms with van der Waals surface area (Å²) in [5.41, 5.74) is 1.17. The fraction of sp³-hybridized carbons (Fsp3) is 0.188. The molecule has 1 aromatic heterocycles. The number of rotatable bonds is 5. The number of hydrogen-bond acceptors (Lipinski definition) is 4. The van der Waals surface area contributed by atoms with Crippen LogP contribution in [0.1, 0.15) is 12.0 Å². The Balaban J connectivity index is 1.85. The van der Waals surface area contributed by atoms with E-state index in [0.717, 1.165) is 12.8 Å². The van der Waals surface area contributed by atoms with E-state index in [-0.39, 0.29) is 6.02 Å². The minimum absolute atomic E-state index is 0.217. The van der Waals surface area contributed by atoms with Gasteiger partial charge < -0.3 is 4.74 Å². The van der Waals surface area contributed by atoms with Gasteiger partial charge in [0.25, 0.3) is 0 Å². The van der Waals surface area contributed by atoms with Crippen molar-refractivity contribution in [3.05, 3.63) is 60.4 Å². The molecule has 5 nitrogen and oxygen atoms in total. The van der Waals surface area contributed by atoms with E-state index in [1.165, 1.54) is 5.56 Å². The van der Waals surface area contributed by atoms with Crippen molar-refractivity contribution in [1.29, 1.82) is 5.26 Å². The number of aromatic nitrogens is 1. The van der Waals surface area contributed by atoms with E-state index in [1.807, 2.05) is 54.9 Å². The molecule has 0 aliphatic rings. The standard InChI is InChI=1S/C16H16N4O/c17-13-20-16(21-15-8-2-1-3-9-15)19-11-5-7-14-6-4-10-18-12-14/h1-4,6,8-10,12H,5,7,11H2,(H,19,20). The van der Waals surface area contributed by atoms with Crippen molar-refractivity contribution < 1.29 is 4.74 Å². The summed E-state index contributed by atoms with van der Waals surface area (Å²) >= 11 is 0. The molecule has 0 amide bonds. The van der Waals surface area contributed by atoms with Crippen LogP contribution in [0, 0.1) is 11.5 Å². The number of nitrogens with one attached hydrogen (secondary N) is 1. The number of hydrogen-bond donors (Lipinski definition) is 1. The van der Waals surface area contributed by atoms with Crippen LogP contribution in [0.4, 0.5) is 0 Å². The van der Waals surface area contributed by atoms with Gasteiger partial charge in [-0.3, -0.25) is 4.98 Å². The monoisotopic (exact) mass is 280 g/mol. The molecule has 21 heavy (non-hydrogen) atoms. The van der Waals surface area contributed by atoms with E-state index in [0.29, 0.717) is 12.3 Å². The third-order valence-electron chi connectivity index (χ3n) is 2.72. The van der Waals surface area contributed by atoms with Crippen molar-refractivity contribution in [1.82, 2.24) is 10.3 Å². The van der Waals surface area contributed by atoms with Crippen LogP contribution in [0.3, 0.4) is 0 Å². The lowest BCUT2D eigenvalue weighted by molar-refractivity contribution is 0.525. The average Bonchev–Trinajstić information content (AvgIpc) is 2.54. The Bertz CT molecular complexity index is 605. The SMILES string of the molecule is N#CNC(=NCCCc1cccnc1)Oc1ccccc1. The highest BCUT2D eigenvalue weighted by molar-refractivity contribution is 5.77. The summed E-state index contributed by atoms with van der Waals surface area (Å²) in [6.07, 6.45) is 7.18. The molecule has 0 atom stereocenters. The lowest BCUT2D eigenvalue weighted by Crippen LogP contribution is -2.24. The Labute approximate surface area is 123 Å². The normalized spacial score (nSPS) is 10.7. The molecule has 0 aliphatic carbocycles. The molecule has 0 spiro atoms. The summed E-state index contributed by atoms with van der Waals surface area (Å²) in [6.45, 7) is 0.575. The first-order chi connectivity index (χ1) is 10.4. The number of nitriles is 1. The zero-order chi connectivity index (χ0) is 14.8. The van der Waals surface area contributed by atoms with Gasteiger partial charge in [0.15, 0.2) is 6.19 Å². The van der Waals surface area contributed by atoms with E-state index in [1.54, 1.807) is 6.20 Å². The van der Waals surface area contributed by atoms with Crippen molar-refractivity contribution in [2.24, 2.45) is 4.99 Å². The predicted molar refractivity (Wildman–Crippen MR) is 80.7 cm³/mol. The first-order valence-corrected chi connectivity index (χ1v) is 6.70. The van der Waals surface area contributed by atoms with Gasteiger partial charge in [0.1, 0.15) is 5.75 Å². The van der Waals surface area contributed by atoms with E-state index >= 15 is 0 Å². The summed E-state index contributed by atoms with van der Waals surface area (Å²) in [5.74, 6) is 0.645. The second kappa shape index (κ2) is 8.33. The Hall–Kier alpha value is -2.87. The summed E-state index contributed by atoms with van der Waals surface area (Å²) in [5, 5.41) is 11.2. The second-order valence-corrected chi connectivity index (χ2v) is 4.30. The first kappa shape index (κ1) is 14.5. The van der Waals surface area contributed by atoms with Crippen molar-refractivity contribution in [2.45, 2.75) is 12.8 Å². The van der Waals surface area contributed by atoms with Gasteiger partial charge in [-0.15, -0.1) is 0 Å². The fourth-order valence-corrected chi connectivity index (χ4v) is 1.76. The molecule has 0 bridgehead atoms. The van der Waals surface area contributed by atoms with Crippen LogP contribution < -0.4 is 10.1 Å². The van der Waals surface area contributed by atoms with Gasteiger partial charge >= 0.3 is 6.02 Å². The Morgan fingerprint density at radius 2 is 2.10 bits per heavy atom. The largest absolute Gasteiger partial charge is 0.425 e. The third kappa shape index (κ3) is 5.33. The number of benzene rings is 1. The molecule has 2 aromatic rings.